The maximum atomic E-state index is 11.5. The molecule has 0 aliphatic carbocycles. The lowest BCUT2D eigenvalue weighted by atomic mass is 9.97. The molecular formula is C21H27ClN2O6. The number of carbonyl (C=O) groups is 1. The highest BCUT2D eigenvalue weighted by Gasteiger charge is 2.49. The summed E-state index contributed by atoms with van der Waals surface area (Å²) in [5.74, 6) is -1.14. The van der Waals surface area contributed by atoms with Gasteiger partial charge in [-0.3, -0.25) is 4.90 Å². The third-order valence-corrected chi connectivity index (χ3v) is 4.97. The number of nitrogens with zero attached hydrogens (tertiary/aromatic N) is 2. The molecule has 0 radical (unpaired) electrons. The van der Waals surface area contributed by atoms with E-state index < -0.39 is 36.6 Å². The maximum absolute atomic E-state index is 11.5. The van der Waals surface area contributed by atoms with Gasteiger partial charge in [-0.25, -0.2) is 9.78 Å². The van der Waals surface area contributed by atoms with Crippen molar-refractivity contribution in [2.75, 3.05) is 4.90 Å². The first-order chi connectivity index (χ1) is 14.2. The fourth-order valence-electron chi connectivity index (χ4n) is 3.28. The molecule has 2 rings (SSSR count). The van der Waals surface area contributed by atoms with Crippen LogP contribution in [0.5, 0.6) is 0 Å². The van der Waals surface area contributed by atoms with Crippen molar-refractivity contribution in [1.82, 2.24) is 4.98 Å². The Hall–Kier alpha value is -2.23. The lowest BCUT2D eigenvalue weighted by molar-refractivity contribution is -0.226. The predicted molar refractivity (Wildman–Crippen MR) is 114 cm³/mol. The van der Waals surface area contributed by atoms with Gasteiger partial charge in [0.25, 0.3) is 0 Å². The van der Waals surface area contributed by atoms with Crippen molar-refractivity contribution in [3.05, 3.63) is 46.6 Å². The minimum Gasteiger partial charge on any atom is -0.479 e. The lowest BCUT2D eigenvalue weighted by Gasteiger charge is -2.44. The van der Waals surface area contributed by atoms with Crippen molar-refractivity contribution >= 4 is 34.5 Å². The topological polar surface area (TPSA) is 123 Å². The summed E-state index contributed by atoms with van der Waals surface area (Å²) in [6.07, 6.45) is -1.15. The number of aliphatic carboxylic acids is 1. The second-order valence-corrected chi connectivity index (χ2v) is 7.34. The largest absolute Gasteiger partial charge is 0.479 e. The Labute approximate surface area is 179 Å². The van der Waals surface area contributed by atoms with Gasteiger partial charge >= 0.3 is 5.97 Å². The van der Waals surface area contributed by atoms with Crippen LogP contribution in [0.4, 0.5) is 5.82 Å². The Morgan fingerprint density at radius 2 is 1.83 bits per heavy atom. The zero-order valence-electron chi connectivity index (χ0n) is 17.2. The summed E-state index contributed by atoms with van der Waals surface area (Å²) in [7, 11) is 0. The van der Waals surface area contributed by atoms with E-state index in [0.717, 1.165) is 5.22 Å². The van der Waals surface area contributed by atoms with Crippen molar-refractivity contribution in [3.63, 3.8) is 0 Å². The summed E-state index contributed by atoms with van der Waals surface area (Å²) < 4.78 is 5.55. The fourth-order valence-corrected chi connectivity index (χ4v) is 3.43. The van der Waals surface area contributed by atoms with Gasteiger partial charge in [-0.05, 0) is 51.1 Å². The number of rotatable bonds is 5. The van der Waals surface area contributed by atoms with Crippen molar-refractivity contribution in [2.24, 2.45) is 0 Å². The van der Waals surface area contributed by atoms with Gasteiger partial charge < -0.3 is 25.2 Å². The highest BCUT2D eigenvalue weighted by atomic mass is 35.5. The number of aromatic nitrogens is 1. The number of carboxylic acids is 1. The molecule has 0 saturated carbocycles. The molecule has 4 N–H and O–H groups in total. The Balaban J connectivity index is 2.72. The van der Waals surface area contributed by atoms with Crippen LogP contribution in [0.3, 0.4) is 0 Å². The molecule has 1 saturated heterocycles. The summed E-state index contributed by atoms with van der Waals surface area (Å²) in [6, 6.07) is 3.46. The van der Waals surface area contributed by atoms with Gasteiger partial charge in [0.1, 0.15) is 24.1 Å². The Morgan fingerprint density at radius 3 is 2.33 bits per heavy atom. The van der Waals surface area contributed by atoms with Crippen LogP contribution in [0.1, 0.15) is 27.7 Å². The van der Waals surface area contributed by atoms with Crippen molar-refractivity contribution in [3.8, 4) is 0 Å². The number of allylic oxidation sites excluding steroid dienone is 3. The Kier molecular flexibility index (Phi) is 8.17. The van der Waals surface area contributed by atoms with Gasteiger partial charge in [0.15, 0.2) is 12.3 Å². The van der Waals surface area contributed by atoms with Gasteiger partial charge in [0, 0.05) is 10.7 Å². The molecular weight excluding hydrogens is 412 g/mol. The van der Waals surface area contributed by atoms with Crippen molar-refractivity contribution in [2.45, 2.75) is 58.3 Å². The van der Waals surface area contributed by atoms with E-state index in [0.29, 0.717) is 21.9 Å². The number of hydrogen-bond acceptors (Lipinski definition) is 7. The van der Waals surface area contributed by atoms with Gasteiger partial charge in [-0.2, -0.15) is 0 Å². The molecule has 5 atom stereocenters. The van der Waals surface area contributed by atoms with E-state index in [1.54, 1.807) is 51.1 Å². The van der Waals surface area contributed by atoms with Crippen LogP contribution in [0.25, 0.3) is 11.1 Å². The SMILES string of the molecule is C/C=C\C(=C/C)N(c1ccc(=C/C)/c(=C(\C)Cl)n1)[C@@H]1O[C@H](C(=O)O)[C@@H](O)[C@H](O)[C@H]1O. The van der Waals surface area contributed by atoms with Gasteiger partial charge in [0.2, 0.25) is 0 Å². The molecule has 1 aromatic rings. The molecule has 1 fully saturated rings. The number of pyridine rings is 1. The molecule has 0 unspecified atom stereocenters. The van der Waals surface area contributed by atoms with Gasteiger partial charge in [-0.1, -0.05) is 29.8 Å². The minimum absolute atomic E-state index is 0.318. The zero-order chi connectivity index (χ0) is 22.6. The fraction of sp³-hybridized carbons (Fsp3) is 0.429. The monoisotopic (exact) mass is 438 g/mol. The van der Waals surface area contributed by atoms with Gasteiger partial charge in [0.05, 0.1) is 5.35 Å². The molecule has 1 aromatic heterocycles. The summed E-state index contributed by atoms with van der Waals surface area (Å²) in [4.78, 5) is 17.6. The molecule has 8 nitrogen and oxygen atoms in total. The van der Waals surface area contributed by atoms with Gasteiger partial charge in [-0.15, -0.1) is 0 Å². The molecule has 0 amide bonds. The normalized spacial score (nSPS) is 29.3. The molecule has 2 heterocycles. The standard InChI is InChI=1S/C21H27ClN2O6/c1-5-8-13(7-3)24(14-10-9-12(6-2)15(23-14)11(4)22)20-18(27)16(25)17(26)19(30-20)21(28)29/h5-10,16-20,25-27H,1-4H3,(H,28,29)/b8-5-,12-6-,13-7+,15-11-/t16-,17-,18+,19-,20+/m0/s1. The first-order valence-electron chi connectivity index (χ1n) is 9.48. The number of ether oxygens (including phenoxy) is 1. The van der Waals surface area contributed by atoms with E-state index >= 15 is 0 Å². The van der Waals surface area contributed by atoms with E-state index in [1.165, 1.54) is 4.90 Å². The number of aliphatic hydroxyl groups excluding tert-OH is 3. The van der Waals surface area contributed by atoms with E-state index in [1.807, 2.05) is 13.0 Å². The number of hydrogen-bond donors (Lipinski definition) is 4. The average Bonchev–Trinajstić information content (AvgIpc) is 2.72. The predicted octanol–water partition coefficient (Wildman–Crippen LogP) is 0.427. The van der Waals surface area contributed by atoms with Crippen LogP contribution in [0.15, 0.2) is 36.1 Å². The van der Waals surface area contributed by atoms with Crippen LogP contribution < -0.4 is 15.5 Å². The maximum Gasteiger partial charge on any atom is 0.335 e. The molecule has 1 aliphatic heterocycles. The zero-order valence-corrected chi connectivity index (χ0v) is 18.0. The second kappa shape index (κ2) is 10.2. The molecule has 30 heavy (non-hydrogen) atoms. The van der Waals surface area contributed by atoms with Crippen LogP contribution in [0.2, 0.25) is 0 Å². The minimum atomic E-state index is -1.79. The van der Waals surface area contributed by atoms with Crippen LogP contribution >= 0.6 is 11.6 Å². The number of halogens is 1. The lowest BCUT2D eigenvalue weighted by Crippen LogP contribution is -2.64. The van der Waals surface area contributed by atoms with Crippen LogP contribution in [-0.2, 0) is 9.53 Å². The Morgan fingerprint density at radius 1 is 1.17 bits per heavy atom. The summed E-state index contributed by atoms with van der Waals surface area (Å²) in [6.45, 7) is 7.09. The molecule has 0 bridgehead atoms. The van der Waals surface area contributed by atoms with Crippen molar-refractivity contribution < 1.29 is 30.0 Å². The van der Waals surface area contributed by atoms with Crippen molar-refractivity contribution in [1.29, 1.82) is 0 Å². The number of anilines is 1. The summed E-state index contributed by atoms with van der Waals surface area (Å²) in [5.41, 5.74) is 0.535. The summed E-state index contributed by atoms with van der Waals surface area (Å²) >= 11 is 6.22. The van der Waals surface area contributed by atoms with E-state index in [4.69, 9.17) is 16.3 Å². The average molecular weight is 439 g/mol. The molecule has 9 heteroatoms. The molecule has 1 aliphatic rings. The highest BCUT2D eigenvalue weighted by Crippen LogP contribution is 2.30. The smallest absolute Gasteiger partial charge is 0.335 e. The number of aliphatic hydroxyl groups is 3. The van der Waals surface area contributed by atoms with Crippen LogP contribution in [-0.4, -0.2) is 62.0 Å². The molecule has 164 valence electrons. The third-order valence-electron chi connectivity index (χ3n) is 4.79. The highest BCUT2D eigenvalue weighted by molar-refractivity contribution is 6.44. The van der Waals surface area contributed by atoms with E-state index in [2.05, 4.69) is 4.98 Å². The Bertz CT molecular complexity index is 957. The molecule has 0 spiro atoms. The van der Waals surface area contributed by atoms with Crippen LogP contribution in [0, 0.1) is 0 Å². The quantitative estimate of drug-likeness (QED) is 0.488. The molecule has 0 aromatic carbocycles. The first-order valence-corrected chi connectivity index (χ1v) is 9.86. The third kappa shape index (κ3) is 4.74. The summed E-state index contributed by atoms with van der Waals surface area (Å²) in [5, 5.41) is 42.1. The van der Waals surface area contributed by atoms with E-state index in [9.17, 15) is 25.2 Å². The first kappa shape index (κ1) is 24.0. The number of carboxylic acid groups (broad SMARTS) is 1. The van der Waals surface area contributed by atoms with E-state index in [-0.39, 0.29) is 0 Å². The second-order valence-electron chi connectivity index (χ2n) is 6.77.